The molecular weight excluding hydrogens is 256 g/mol. The number of hydrogen-bond donors (Lipinski definition) is 0. The number of hydrogen-bond acceptors (Lipinski definition) is 1. The highest BCUT2D eigenvalue weighted by molar-refractivity contribution is 9.09. The summed E-state index contributed by atoms with van der Waals surface area (Å²) in [4.78, 5) is 0. The molecule has 0 aliphatic heterocycles. The van der Waals surface area contributed by atoms with E-state index in [2.05, 4.69) is 56.7 Å². The highest BCUT2D eigenvalue weighted by Gasteiger charge is 2.38. The molecule has 0 aliphatic carbocycles. The lowest BCUT2D eigenvalue weighted by Crippen LogP contribution is -2.43. The van der Waals surface area contributed by atoms with Crippen LogP contribution < -0.4 is 0 Å². The van der Waals surface area contributed by atoms with Gasteiger partial charge in [-0.05, 0) is 37.9 Å². The maximum atomic E-state index is 6.22. The Morgan fingerprint density at radius 3 is 2.14 bits per heavy atom. The summed E-state index contributed by atoms with van der Waals surface area (Å²) in [6, 6.07) is 0. The van der Waals surface area contributed by atoms with Gasteiger partial charge in [-0.2, -0.15) is 0 Å². The van der Waals surface area contributed by atoms with Crippen LogP contribution in [0.5, 0.6) is 0 Å². The van der Waals surface area contributed by atoms with Crippen molar-refractivity contribution in [2.24, 2.45) is 0 Å². The van der Waals surface area contributed by atoms with Gasteiger partial charge in [-0.1, -0.05) is 36.7 Å². The van der Waals surface area contributed by atoms with Crippen LogP contribution in [-0.2, 0) is 4.43 Å². The minimum atomic E-state index is -1.53. The molecule has 0 heterocycles. The lowest BCUT2D eigenvalue weighted by molar-refractivity contribution is 0.189. The van der Waals surface area contributed by atoms with Crippen molar-refractivity contribution in [1.29, 1.82) is 0 Å². The van der Waals surface area contributed by atoms with E-state index < -0.39 is 8.32 Å². The molecule has 0 aromatic carbocycles. The fraction of sp³-hybridized carbons (Fsp3) is 1.00. The van der Waals surface area contributed by atoms with Crippen LogP contribution in [0.1, 0.15) is 40.5 Å². The van der Waals surface area contributed by atoms with E-state index in [1.807, 2.05) is 0 Å². The molecule has 0 rings (SSSR count). The molecule has 0 saturated carbocycles. The second-order valence-electron chi connectivity index (χ2n) is 5.52. The molecule has 1 unspecified atom stereocenters. The van der Waals surface area contributed by atoms with E-state index in [-0.39, 0.29) is 0 Å². The molecule has 1 nitrogen and oxygen atoms in total. The van der Waals surface area contributed by atoms with Gasteiger partial charge in [0.25, 0.3) is 0 Å². The Hall–Kier alpha value is 0.657. The summed E-state index contributed by atoms with van der Waals surface area (Å²) < 4.78 is 6.22. The molecule has 1 atom stereocenters. The standard InChI is InChI=1S/C11H25BrOSi/c1-10(8-7-9-12)13-14(5,6)11(2,3)4/h10H,7-9H2,1-6H3. The molecule has 86 valence electrons. The molecular formula is C11H25BrOSi. The van der Waals surface area contributed by atoms with Crippen molar-refractivity contribution in [2.45, 2.75) is 64.8 Å². The molecule has 0 amide bonds. The third kappa shape index (κ3) is 4.94. The van der Waals surface area contributed by atoms with Gasteiger partial charge >= 0.3 is 0 Å². The largest absolute Gasteiger partial charge is 0.414 e. The van der Waals surface area contributed by atoms with Gasteiger partial charge in [0.2, 0.25) is 0 Å². The summed E-state index contributed by atoms with van der Waals surface area (Å²) in [5.74, 6) is 0. The van der Waals surface area contributed by atoms with E-state index in [0.29, 0.717) is 11.1 Å². The second kappa shape index (κ2) is 5.66. The van der Waals surface area contributed by atoms with Crippen LogP contribution in [0.2, 0.25) is 18.1 Å². The van der Waals surface area contributed by atoms with Gasteiger partial charge in [0.1, 0.15) is 0 Å². The van der Waals surface area contributed by atoms with Crippen molar-refractivity contribution >= 4 is 24.2 Å². The first-order valence-corrected chi connectivity index (χ1v) is 9.47. The van der Waals surface area contributed by atoms with Crippen molar-refractivity contribution < 1.29 is 4.43 Å². The second-order valence-corrected chi connectivity index (χ2v) is 11.1. The van der Waals surface area contributed by atoms with Gasteiger partial charge in [-0.3, -0.25) is 0 Å². The predicted octanol–water partition coefficient (Wildman–Crippen LogP) is 4.57. The van der Waals surface area contributed by atoms with Gasteiger partial charge in [-0.15, -0.1) is 0 Å². The van der Waals surface area contributed by atoms with E-state index in [4.69, 9.17) is 4.43 Å². The molecule has 0 aromatic heterocycles. The molecule has 3 heteroatoms. The lowest BCUT2D eigenvalue weighted by Gasteiger charge is -2.38. The number of alkyl halides is 1. The van der Waals surface area contributed by atoms with E-state index in [9.17, 15) is 0 Å². The van der Waals surface area contributed by atoms with E-state index in [1.54, 1.807) is 0 Å². The minimum absolute atomic E-state index is 0.329. The lowest BCUT2D eigenvalue weighted by atomic mass is 10.2. The van der Waals surface area contributed by atoms with Crippen LogP contribution in [0.4, 0.5) is 0 Å². The molecule has 0 bridgehead atoms. The van der Waals surface area contributed by atoms with Gasteiger partial charge in [0.15, 0.2) is 8.32 Å². The Morgan fingerprint density at radius 1 is 1.29 bits per heavy atom. The zero-order chi connectivity index (χ0) is 11.4. The average molecular weight is 281 g/mol. The highest BCUT2D eigenvalue weighted by atomic mass is 79.9. The number of rotatable bonds is 5. The van der Waals surface area contributed by atoms with Crippen molar-refractivity contribution in [1.82, 2.24) is 0 Å². The van der Waals surface area contributed by atoms with Crippen molar-refractivity contribution in [3.63, 3.8) is 0 Å². The van der Waals surface area contributed by atoms with E-state index in [1.165, 1.54) is 6.42 Å². The monoisotopic (exact) mass is 280 g/mol. The van der Waals surface area contributed by atoms with Gasteiger partial charge in [0, 0.05) is 11.4 Å². The van der Waals surface area contributed by atoms with Gasteiger partial charge in [-0.25, -0.2) is 0 Å². The normalized spacial score (nSPS) is 15.6. The summed E-state index contributed by atoms with van der Waals surface area (Å²) >= 11 is 3.45. The van der Waals surface area contributed by atoms with Crippen molar-refractivity contribution in [3.05, 3.63) is 0 Å². The maximum Gasteiger partial charge on any atom is 0.192 e. The smallest absolute Gasteiger partial charge is 0.192 e. The topological polar surface area (TPSA) is 9.23 Å². The molecule has 0 aromatic rings. The van der Waals surface area contributed by atoms with E-state index >= 15 is 0 Å². The van der Waals surface area contributed by atoms with Crippen LogP contribution in [0.25, 0.3) is 0 Å². The summed E-state index contributed by atoms with van der Waals surface area (Å²) in [6.45, 7) is 13.7. The fourth-order valence-electron chi connectivity index (χ4n) is 1.10. The Morgan fingerprint density at radius 2 is 1.79 bits per heavy atom. The summed E-state index contributed by atoms with van der Waals surface area (Å²) in [7, 11) is -1.53. The Bertz CT molecular complexity index is 163. The van der Waals surface area contributed by atoms with Crippen LogP contribution in [0.15, 0.2) is 0 Å². The maximum absolute atomic E-state index is 6.22. The first kappa shape index (κ1) is 14.7. The minimum Gasteiger partial charge on any atom is -0.414 e. The number of halogens is 1. The zero-order valence-electron chi connectivity index (χ0n) is 10.5. The SMILES string of the molecule is CC(CCCBr)O[Si](C)(C)C(C)(C)C. The third-order valence-electron chi connectivity index (χ3n) is 3.05. The molecule has 0 N–H and O–H groups in total. The Balaban J connectivity index is 4.08. The summed E-state index contributed by atoms with van der Waals surface area (Å²) in [6.07, 6.45) is 2.78. The third-order valence-corrected chi connectivity index (χ3v) is 8.21. The zero-order valence-corrected chi connectivity index (χ0v) is 13.1. The fourth-order valence-corrected chi connectivity index (χ4v) is 2.90. The van der Waals surface area contributed by atoms with Gasteiger partial charge < -0.3 is 4.43 Å². The first-order valence-electron chi connectivity index (χ1n) is 5.44. The van der Waals surface area contributed by atoms with E-state index in [0.717, 1.165) is 11.8 Å². The summed E-state index contributed by atoms with van der Waals surface area (Å²) in [5.41, 5.74) is 0. The molecule has 0 saturated heterocycles. The Kier molecular flexibility index (Phi) is 5.93. The highest BCUT2D eigenvalue weighted by Crippen LogP contribution is 2.37. The molecule has 14 heavy (non-hydrogen) atoms. The molecule has 0 fully saturated rings. The van der Waals surface area contributed by atoms with Crippen LogP contribution >= 0.6 is 15.9 Å². The van der Waals surface area contributed by atoms with Crippen molar-refractivity contribution in [2.75, 3.05) is 5.33 Å². The van der Waals surface area contributed by atoms with Crippen LogP contribution in [0.3, 0.4) is 0 Å². The van der Waals surface area contributed by atoms with Crippen LogP contribution in [-0.4, -0.2) is 19.8 Å². The molecule has 0 radical (unpaired) electrons. The quantitative estimate of drug-likeness (QED) is 0.530. The predicted molar refractivity (Wildman–Crippen MR) is 70.8 cm³/mol. The Labute approximate surface area is 98.9 Å². The van der Waals surface area contributed by atoms with Gasteiger partial charge in [0.05, 0.1) is 0 Å². The molecule has 0 aliphatic rings. The first-order chi connectivity index (χ1) is 6.20. The average Bonchev–Trinajstić information content (AvgIpc) is 1.97. The summed E-state index contributed by atoms with van der Waals surface area (Å²) in [5, 5.41) is 1.41. The molecule has 0 spiro atoms. The van der Waals surface area contributed by atoms with Crippen molar-refractivity contribution in [3.8, 4) is 0 Å². The van der Waals surface area contributed by atoms with Crippen LogP contribution in [0, 0.1) is 0 Å².